The molecule has 0 spiro atoms. The molecule has 0 aromatic carbocycles. The first-order valence-electron chi connectivity index (χ1n) is 6.93. The van der Waals surface area contributed by atoms with E-state index >= 15 is 0 Å². The van der Waals surface area contributed by atoms with Crippen molar-refractivity contribution in [3.8, 4) is 0 Å². The van der Waals surface area contributed by atoms with Crippen LogP contribution in [-0.2, 0) is 4.79 Å². The molecule has 0 heterocycles. The van der Waals surface area contributed by atoms with Crippen LogP contribution < -0.4 is 0 Å². The molecule has 0 saturated carbocycles. The Labute approximate surface area is 106 Å². The standard InChI is InChI=1S/C15H28O2/c1-4-5-6-9-13(2)12-14(3)10-7-8-11-15(16)17/h10,13H,4-9,11-12H2,1-3H3,(H,16,17)/b14-10+. The fourth-order valence-corrected chi connectivity index (χ4v) is 2.08. The summed E-state index contributed by atoms with van der Waals surface area (Å²) in [6.45, 7) is 6.71. The Hall–Kier alpha value is -0.790. The zero-order valence-electron chi connectivity index (χ0n) is 11.7. The number of carboxylic acid groups (broad SMARTS) is 1. The lowest BCUT2D eigenvalue weighted by molar-refractivity contribution is -0.137. The van der Waals surface area contributed by atoms with Crippen LogP contribution in [0.3, 0.4) is 0 Å². The number of carbonyl (C=O) groups is 1. The van der Waals surface area contributed by atoms with Crippen LogP contribution in [0, 0.1) is 5.92 Å². The first-order valence-corrected chi connectivity index (χ1v) is 6.93. The lowest BCUT2D eigenvalue weighted by Crippen LogP contribution is -1.96. The van der Waals surface area contributed by atoms with Gasteiger partial charge in [-0.3, -0.25) is 4.79 Å². The summed E-state index contributed by atoms with van der Waals surface area (Å²) >= 11 is 0. The Kier molecular flexibility index (Phi) is 9.89. The summed E-state index contributed by atoms with van der Waals surface area (Å²) in [6.07, 6.45) is 10.6. The van der Waals surface area contributed by atoms with Gasteiger partial charge in [-0.1, -0.05) is 51.2 Å². The van der Waals surface area contributed by atoms with E-state index in [1.165, 1.54) is 31.3 Å². The topological polar surface area (TPSA) is 37.3 Å². The third-order valence-electron chi connectivity index (χ3n) is 3.06. The van der Waals surface area contributed by atoms with Gasteiger partial charge in [-0.15, -0.1) is 0 Å². The normalized spacial score (nSPS) is 13.7. The summed E-state index contributed by atoms with van der Waals surface area (Å²) in [5, 5.41) is 8.52. The summed E-state index contributed by atoms with van der Waals surface area (Å²) < 4.78 is 0. The molecule has 0 aliphatic heterocycles. The fourth-order valence-electron chi connectivity index (χ4n) is 2.08. The highest BCUT2D eigenvalue weighted by molar-refractivity contribution is 5.66. The molecule has 17 heavy (non-hydrogen) atoms. The molecule has 0 aliphatic rings. The van der Waals surface area contributed by atoms with Crippen molar-refractivity contribution in [2.24, 2.45) is 5.92 Å². The van der Waals surface area contributed by atoms with Crippen LogP contribution in [0.1, 0.15) is 72.1 Å². The summed E-state index contributed by atoms with van der Waals surface area (Å²) in [6, 6.07) is 0. The minimum absolute atomic E-state index is 0.288. The van der Waals surface area contributed by atoms with Gasteiger partial charge in [0, 0.05) is 6.42 Å². The van der Waals surface area contributed by atoms with Crippen LogP contribution in [0.25, 0.3) is 0 Å². The van der Waals surface area contributed by atoms with Gasteiger partial charge in [0.15, 0.2) is 0 Å². The van der Waals surface area contributed by atoms with Crippen LogP contribution >= 0.6 is 0 Å². The second-order valence-electron chi connectivity index (χ2n) is 5.14. The molecule has 0 amide bonds. The maximum atomic E-state index is 10.3. The summed E-state index contributed by atoms with van der Waals surface area (Å²) in [4.78, 5) is 10.3. The van der Waals surface area contributed by atoms with E-state index < -0.39 is 5.97 Å². The van der Waals surface area contributed by atoms with E-state index in [-0.39, 0.29) is 6.42 Å². The Morgan fingerprint density at radius 3 is 2.59 bits per heavy atom. The summed E-state index contributed by atoms with van der Waals surface area (Å²) in [5.41, 5.74) is 1.42. The van der Waals surface area contributed by atoms with Gasteiger partial charge in [0.1, 0.15) is 0 Å². The van der Waals surface area contributed by atoms with E-state index in [0.29, 0.717) is 0 Å². The van der Waals surface area contributed by atoms with Crippen LogP contribution in [0.15, 0.2) is 11.6 Å². The van der Waals surface area contributed by atoms with Gasteiger partial charge in [-0.2, -0.15) is 0 Å². The first kappa shape index (κ1) is 16.2. The van der Waals surface area contributed by atoms with E-state index in [9.17, 15) is 4.79 Å². The highest BCUT2D eigenvalue weighted by Crippen LogP contribution is 2.18. The molecule has 0 fully saturated rings. The quantitative estimate of drug-likeness (QED) is 0.440. The summed E-state index contributed by atoms with van der Waals surface area (Å²) in [5.74, 6) is 0.0706. The molecule has 0 aliphatic carbocycles. The van der Waals surface area contributed by atoms with Crippen LogP contribution in [0.4, 0.5) is 0 Å². The first-order chi connectivity index (χ1) is 8.06. The molecule has 2 nitrogen and oxygen atoms in total. The van der Waals surface area contributed by atoms with Crippen molar-refractivity contribution < 1.29 is 9.90 Å². The maximum Gasteiger partial charge on any atom is 0.303 e. The largest absolute Gasteiger partial charge is 0.481 e. The predicted octanol–water partition coefficient (Wildman–Crippen LogP) is 4.79. The highest BCUT2D eigenvalue weighted by atomic mass is 16.4. The van der Waals surface area contributed by atoms with E-state index in [0.717, 1.165) is 25.2 Å². The second-order valence-corrected chi connectivity index (χ2v) is 5.14. The average Bonchev–Trinajstić information content (AvgIpc) is 2.24. The molecule has 1 atom stereocenters. The maximum absolute atomic E-state index is 10.3. The molecule has 1 unspecified atom stereocenters. The van der Waals surface area contributed by atoms with Gasteiger partial charge in [-0.25, -0.2) is 0 Å². The van der Waals surface area contributed by atoms with Crippen LogP contribution in [-0.4, -0.2) is 11.1 Å². The van der Waals surface area contributed by atoms with Crippen LogP contribution in [0.2, 0.25) is 0 Å². The number of aliphatic carboxylic acids is 1. The average molecular weight is 240 g/mol. The number of hydrogen-bond acceptors (Lipinski definition) is 1. The van der Waals surface area contributed by atoms with Gasteiger partial charge in [0.25, 0.3) is 0 Å². The fraction of sp³-hybridized carbons (Fsp3) is 0.800. The third-order valence-corrected chi connectivity index (χ3v) is 3.06. The van der Waals surface area contributed by atoms with E-state index in [1.54, 1.807) is 0 Å². The smallest absolute Gasteiger partial charge is 0.303 e. The van der Waals surface area contributed by atoms with Crippen molar-refractivity contribution in [1.29, 1.82) is 0 Å². The lowest BCUT2D eigenvalue weighted by Gasteiger charge is -2.11. The SMILES string of the molecule is CCCCCC(C)C/C(C)=C/CCCC(=O)O. The van der Waals surface area contributed by atoms with Crippen molar-refractivity contribution in [2.75, 3.05) is 0 Å². The minimum Gasteiger partial charge on any atom is -0.481 e. The van der Waals surface area contributed by atoms with Crippen LogP contribution in [0.5, 0.6) is 0 Å². The molecule has 0 aromatic heterocycles. The van der Waals surface area contributed by atoms with E-state index in [2.05, 4.69) is 26.8 Å². The number of carboxylic acids is 1. The van der Waals surface area contributed by atoms with Gasteiger partial charge in [0.05, 0.1) is 0 Å². The molecule has 0 radical (unpaired) electrons. The van der Waals surface area contributed by atoms with Gasteiger partial charge in [0.2, 0.25) is 0 Å². The Morgan fingerprint density at radius 1 is 1.29 bits per heavy atom. The minimum atomic E-state index is -0.691. The number of rotatable bonds is 10. The molecule has 100 valence electrons. The van der Waals surface area contributed by atoms with E-state index in [1.807, 2.05) is 0 Å². The van der Waals surface area contributed by atoms with Gasteiger partial charge < -0.3 is 5.11 Å². The van der Waals surface area contributed by atoms with Gasteiger partial charge >= 0.3 is 5.97 Å². The Bertz CT molecular complexity index is 231. The van der Waals surface area contributed by atoms with Gasteiger partial charge in [-0.05, 0) is 32.1 Å². The number of unbranched alkanes of at least 4 members (excludes halogenated alkanes) is 3. The molecule has 0 aromatic rings. The van der Waals surface area contributed by atoms with Crippen molar-refractivity contribution in [3.05, 3.63) is 11.6 Å². The van der Waals surface area contributed by atoms with Crippen molar-refractivity contribution >= 4 is 5.97 Å². The number of allylic oxidation sites excluding steroid dienone is 2. The third kappa shape index (κ3) is 11.5. The zero-order valence-corrected chi connectivity index (χ0v) is 11.7. The van der Waals surface area contributed by atoms with Crippen molar-refractivity contribution in [1.82, 2.24) is 0 Å². The summed E-state index contributed by atoms with van der Waals surface area (Å²) in [7, 11) is 0. The highest BCUT2D eigenvalue weighted by Gasteiger charge is 2.02. The monoisotopic (exact) mass is 240 g/mol. The van der Waals surface area contributed by atoms with E-state index in [4.69, 9.17) is 5.11 Å². The van der Waals surface area contributed by atoms with Crippen molar-refractivity contribution in [3.63, 3.8) is 0 Å². The Morgan fingerprint density at radius 2 is 2.00 bits per heavy atom. The molecule has 1 N–H and O–H groups in total. The Balaban J connectivity index is 3.63. The second kappa shape index (κ2) is 10.4. The predicted molar refractivity (Wildman–Crippen MR) is 73.2 cm³/mol. The molecule has 0 saturated heterocycles. The molecule has 0 rings (SSSR count). The van der Waals surface area contributed by atoms with Crippen molar-refractivity contribution in [2.45, 2.75) is 72.1 Å². The zero-order chi connectivity index (χ0) is 13.1. The molecular formula is C15H28O2. The molecular weight excluding hydrogens is 212 g/mol. The lowest BCUT2D eigenvalue weighted by atomic mass is 9.95. The molecule has 0 bridgehead atoms. The number of hydrogen-bond donors (Lipinski definition) is 1. The molecule has 2 heteroatoms.